The molecule has 1 atom stereocenters. The second kappa shape index (κ2) is 7.79. The highest BCUT2D eigenvalue weighted by Gasteiger charge is 2.12. The van der Waals surface area contributed by atoms with Crippen molar-refractivity contribution in [2.24, 2.45) is 5.10 Å². The number of aryl methyl sites for hydroxylation is 1. The topological polar surface area (TPSA) is 55.7 Å². The monoisotopic (exact) mass is 319 g/mol. The summed E-state index contributed by atoms with van der Waals surface area (Å²) in [7, 11) is 1.64. The molecule has 2 rings (SSSR count). The molecule has 1 N–H and O–H groups in total. The molecule has 0 aliphatic carbocycles. The van der Waals surface area contributed by atoms with Crippen LogP contribution in [0.1, 0.15) is 31.5 Å². The van der Waals surface area contributed by atoms with Crippen molar-refractivity contribution in [1.29, 1.82) is 0 Å². The molecular formula is C16H21N3O2S. The summed E-state index contributed by atoms with van der Waals surface area (Å²) in [5, 5.41) is 6.97. The lowest BCUT2D eigenvalue weighted by molar-refractivity contribution is 0.207. The molecule has 0 fully saturated rings. The Morgan fingerprint density at radius 2 is 2.27 bits per heavy atom. The molecule has 0 saturated heterocycles. The first-order valence-electron chi connectivity index (χ1n) is 7.19. The van der Waals surface area contributed by atoms with Gasteiger partial charge in [0.1, 0.15) is 0 Å². The van der Waals surface area contributed by atoms with Crippen molar-refractivity contribution in [2.75, 3.05) is 12.5 Å². The highest BCUT2D eigenvalue weighted by atomic mass is 32.1. The highest BCUT2D eigenvalue weighted by Crippen LogP contribution is 2.31. The third-order valence-electron chi connectivity index (χ3n) is 3.11. The Morgan fingerprint density at radius 1 is 1.45 bits per heavy atom. The minimum absolute atomic E-state index is 0.109. The Kier molecular flexibility index (Phi) is 5.77. The smallest absolute Gasteiger partial charge is 0.203 e. The van der Waals surface area contributed by atoms with E-state index >= 15 is 0 Å². The van der Waals surface area contributed by atoms with Gasteiger partial charge in [0.05, 0.1) is 25.1 Å². The van der Waals surface area contributed by atoms with Crippen LogP contribution in [-0.2, 0) is 0 Å². The van der Waals surface area contributed by atoms with Crippen LogP contribution >= 0.6 is 11.3 Å². The summed E-state index contributed by atoms with van der Waals surface area (Å²) < 4.78 is 11.3. The summed E-state index contributed by atoms with van der Waals surface area (Å²) in [4.78, 5) is 4.30. The van der Waals surface area contributed by atoms with E-state index in [9.17, 15) is 0 Å². The Bertz CT molecular complexity index is 640. The number of ether oxygens (including phenoxy) is 2. The molecule has 0 bridgehead atoms. The van der Waals surface area contributed by atoms with Gasteiger partial charge in [0.25, 0.3) is 0 Å². The summed E-state index contributed by atoms with van der Waals surface area (Å²) in [6.07, 6.45) is 2.75. The number of nitrogens with one attached hydrogen (secondary N) is 1. The standard InChI is InChI=1S/C16H21N3O2S/c1-5-12(3)21-15-13(7-6-8-14(15)20-4)9-17-19-16-18-11(2)10-22-16/h6-10,12H,5H2,1-4H3,(H,18,19). The number of hydrazone groups is 1. The van der Waals surface area contributed by atoms with Crippen LogP contribution in [0, 0.1) is 6.92 Å². The summed E-state index contributed by atoms with van der Waals surface area (Å²) in [6, 6.07) is 5.74. The fourth-order valence-corrected chi connectivity index (χ4v) is 2.41. The van der Waals surface area contributed by atoms with Crippen LogP contribution in [0.15, 0.2) is 28.7 Å². The molecule has 2 aromatic rings. The van der Waals surface area contributed by atoms with Gasteiger partial charge in [-0.2, -0.15) is 5.10 Å². The van der Waals surface area contributed by atoms with Crippen LogP contribution < -0.4 is 14.9 Å². The van der Waals surface area contributed by atoms with E-state index in [1.165, 1.54) is 11.3 Å². The number of rotatable bonds is 7. The first kappa shape index (κ1) is 16.3. The van der Waals surface area contributed by atoms with Crippen molar-refractivity contribution in [1.82, 2.24) is 4.98 Å². The Morgan fingerprint density at radius 3 is 2.91 bits per heavy atom. The van der Waals surface area contributed by atoms with Gasteiger partial charge in [-0.3, -0.25) is 5.43 Å². The number of para-hydroxylation sites is 1. The van der Waals surface area contributed by atoms with Crippen molar-refractivity contribution in [2.45, 2.75) is 33.3 Å². The average molecular weight is 319 g/mol. The molecule has 0 saturated carbocycles. The highest BCUT2D eigenvalue weighted by molar-refractivity contribution is 7.13. The SMILES string of the molecule is CCC(C)Oc1c(C=NNc2nc(C)cs2)cccc1OC. The zero-order chi connectivity index (χ0) is 15.9. The van der Waals surface area contributed by atoms with Crippen molar-refractivity contribution >= 4 is 22.7 Å². The largest absolute Gasteiger partial charge is 0.493 e. The fourth-order valence-electron chi connectivity index (χ4n) is 1.77. The van der Waals surface area contributed by atoms with Crippen molar-refractivity contribution < 1.29 is 9.47 Å². The van der Waals surface area contributed by atoms with Crippen LogP contribution in [0.2, 0.25) is 0 Å². The number of methoxy groups -OCH3 is 1. The summed E-state index contributed by atoms with van der Waals surface area (Å²) in [5.41, 5.74) is 4.76. The van der Waals surface area contributed by atoms with Crippen LogP contribution in [0.4, 0.5) is 5.13 Å². The molecular weight excluding hydrogens is 298 g/mol. The minimum Gasteiger partial charge on any atom is -0.493 e. The van der Waals surface area contributed by atoms with Gasteiger partial charge in [-0.15, -0.1) is 11.3 Å². The van der Waals surface area contributed by atoms with E-state index in [2.05, 4.69) is 22.4 Å². The van der Waals surface area contributed by atoms with E-state index in [0.29, 0.717) is 11.5 Å². The third-order valence-corrected chi connectivity index (χ3v) is 3.97. The zero-order valence-electron chi connectivity index (χ0n) is 13.3. The maximum absolute atomic E-state index is 5.97. The van der Waals surface area contributed by atoms with Crippen molar-refractivity contribution in [3.05, 3.63) is 34.8 Å². The molecule has 0 aliphatic rings. The lowest BCUT2D eigenvalue weighted by atomic mass is 10.2. The zero-order valence-corrected chi connectivity index (χ0v) is 14.1. The number of hydrogen-bond acceptors (Lipinski definition) is 6. The molecule has 1 aromatic carbocycles. The van der Waals surface area contributed by atoms with E-state index < -0.39 is 0 Å². The first-order valence-corrected chi connectivity index (χ1v) is 8.06. The molecule has 1 aromatic heterocycles. The lowest BCUT2D eigenvalue weighted by Gasteiger charge is -2.17. The van der Waals surface area contributed by atoms with E-state index in [0.717, 1.165) is 22.8 Å². The van der Waals surface area contributed by atoms with Gasteiger partial charge < -0.3 is 9.47 Å². The van der Waals surface area contributed by atoms with Gasteiger partial charge in [0.15, 0.2) is 11.5 Å². The number of hydrogen-bond donors (Lipinski definition) is 1. The van der Waals surface area contributed by atoms with E-state index in [-0.39, 0.29) is 6.10 Å². The normalized spacial score (nSPS) is 12.4. The number of thiazole rings is 1. The Hall–Kier alpha value is -2.08. The molecule has 5 nitrogen and oxygen atoms in total. The number of nitrogens with zero attached hydrogens (tertiary/aromatic N) is 2. The van der Waals surface area contributed by atoms with Gasteiger partial charge in [-0.1, -0.05) is 13.0 Å². The quantitative estimate of drug-likeness (QED) is 0.617. The maximum atomic E-state index is 5.97. The molecule has 0 aliphatic heterocycles. The average Bonchev–Trinajstić information content (AvgIpc) is 2.94. The van der Waals surface area contributed by atoms with E-state index in [4.69, 9.17) is 9.47 Å². The summed E-state index contributed by atoms with van der Waals surface area (Å²) in [6.45, 7) is 6.07. The second-order valence-corrected chi connectivity index (χ2v) is 5.74. The molecule has 22 heavy (non-hydrogen) atoms. The summed E-state index contributed by atoms with van der Waals surface area (Å²) >= 11 is 1.52. The Labute approximate surface area is 135 Å². The van der Waals surface area contributed by atoms with Gasteiger partial charge in [-0.25, -0.2) is 4.98 Å². The molecule has 6 heteroatoms. The molecule has 1 heterocycles. The summed E-state index contributed by atoms with van der Waals surface area (Å²) in [5.74, 6) is 1.41. The van der Waals surface area contributed by atoms with Crippen LogP contribution in [0.3, 0.4) is 0 Å². The molecule has 118 valence electrons. The number of aromatic nitrogens is 1. The third kappa shape index (κ3) is 4.21. The number of benzene rings is 1. The van der Waals surface area contributed by atoms with Gasteiger partial charge in [-0.05, 0) is 32.4 Å². The van der Waals surface area contributed by atoms with Crippen LogP contribution in [0.25, 0.3) is 0 Å². The van der Waals surface area contributed by atoms with E-state index in [1.54, 1.807) is 13.3 Å². The molecule has 0 amide bonds. The van der Waals surface area contributed by atoms with Gasteiger partial charge in [0, 0.05) is 10.9 Å². The second-order valence-electron chi connectivity index (χ2n) is 4.88. The Balaban J connectivity index is 2.18. The predicted octanol–water partition coefficient (Wildman–Crippen LogP) is 4.08. The predicted molar refractivity (Wildman–Crippen MR) is 91.4 cm³/mol. The van der Waals surface area contributed by atoms with E-state index in [1.807, 2.05) is 37.4 Å². The van der Waals surface area contributed by atoms with Gasteiger partial charge in [0.2, 0.25) is 5.13 Å². The molecule has 0 radical (unpaired) electrons. The van der Waals surface area contributed by atoms with Crippen molar-refractivity contribution in [3.63, 3.8) is 0 Å². The number of anilines is 1. The van der Waals surface area contributed by atoms with Crippen molar-refractivity contribution in [3.8, 4) is 11.5 Å². The minimum atomic E-state index is 0.109. The fraction of sp³-hybridized carbons (Fsp3) is 0.375. The first-order chi connectivity index (χ1) is 10.6. The molecule has 1 unspecified atom stereocenters. The maximum Gasteiger partial charge on any atom is 0.203 e. The van der Waals surface area contributed by atoms with Gasteiger partial charge >= 0.3 is 0 Å². The van der Waals surface area contributed by atoms with Crippen LogP contribution in [-0.4, -0.2) is 24.4 Å². The lowest BCUT2D eigenvalue weighted by Crippen LogP contribution is -2.12. The van der Waals surface area contributed by atoms with Crippen LogP contribution in [0.5, 0.6) is 11.5 Å². The molecule has 0 spiro atoms.